The van der Waals surface area contributed by atoms with Crippen molar-refractivity contribution in [3.05, 3.63) is 48.2 Å². The van der Waals surface area contributed by atoms with E-state index in [-0.39, 0.29) is 11.9 Å². The summed E-state index contributed by atoms with van der Waals surface area (Å²) in [5.74, 6) is 0.621. The van der Waals surface area contributed by atoms with E-state index in [2.05, 4.69) is 10.3 Å². The third-order valence-corrected chi connectivity index (χ3v) is 3.72. The average Bonchev–Trinajstić information content (AvgIpc) is 2.53. The lowest BCUT2D eigenvalue weighted by molar-refractivity contribution is -0.118. The smallest absolute Gasteiger partial charge is 0.237 e. The topological polar surface area (TPSA) is 54.5 Å². The van der Waals surface area contributed by atoms with Gasteiger partial charge in [0.1, 0.15) is 0 Å². The molecule has 0 radical (unpaired) electrons. The average molecular weight is 283 g/mol. The molecule has 3 rings (SSSR count). The van der Waals surface area contributed by atoms with Crippen molar-refractivity contribution < 1.29 is 9.53 Å². The molecule has 1 aromatic heterocycles. The van der Waals surface area contributed by atoms with Crippen molar-refractivity contribution in [2.75, 3.05) is 24.4 Å². The predicted octanol–water partition coefficient (Wildman–Crippen LogP) is 2.61. The number of anilines is 2. The minimum atomic E-state index is -0.0806. The summed E-state index contributed by atoms with van der Waals surface area (Å²) in [5.41, 5.74) is 2.83. The quantitative estimate of drug-likeness (QED) is 0.940. The Balaban J connectivity index is 1.96. The number of nitrogens with one attached hydrogen (secondary N) is 1. The van der Waals surface area contributed by atoms with Crippen LogP contribution in [0, 0.1) is 0 Å². The van der Waals surface area contributed by atoms with Gasteiger partial charge in [-0.15, -0.1) is 0 Å². The third kappa shape index (κ3) is 2.42. The second kappa shape index (κ2) is 5.44. The molecule has 0 bridgehead atoms. The van der Waals surface area contributed by atoms with Gasteiger partial charge in [-0.1, -0.05) is 18.2 Å². The van der Waals surface area contributed by atoms with E-state index in [9.17, 15) is 4.79 Å². The number of methoxy groups -OCH3 is 1. The molecule has 108 valence electrons. The van der Waals surface area contributed by atoms with Gasteiger partial charge in [-0.25, -0.2) is 4.98 Å². The Morgan fingerprint density at radius 1 is 1.29 bits per heavy atom. The van der Waals surface area contributed by atoms with Crippen molar-refractivity contribution in [3.63, 3.8) is 0 Å². The minimum absolute atomic E-state index is 0.0806. The van der Waals surface area contributed by atoms with E-state index in [0.717, 1.165) is 16.9 Å². The van der Waals surface area contributed by atoms with Crippen molar-refractivity contribution in [2.24, 2.45) is 0 Å². The zero-order valence-corrected chi connectivity index (χ0v) is 12.0. The standard InChI is InChI=1S/C16H17N3O2/c1-19-14-8-4-3-6-11(14)13(10-15(19)20)18-12-7-5-9-17-16(12)21-2/h3-9,13,18H,10H2,1-2H3. The van der Waals surface area contributed by atoms with Gasteiger partial charge in [0.05, 0.1) is 25.3 Å². The van der Waals surface area contributed by atoms with Gasteiger partial charge in [0.15, 0.2) is 0 Å². The maximum absolute atomic E-state index is 12.2. The molecule has 1 N–H and O–H groups in total. The molecule has 1 aliphatic rings. The van der Waals surface area contributed by atoms with Crippen molar-refractivity contribution in [1.29, 1.82) is 0 Å². The largest absolute Gasteiger partial charge is 0.480 e. The molecular formula is C16H17N3O2. The third-order valence-electron chi connectivity index (χ3n) is 3.72. The fraction of sp³-hybridized carbons (Fsp3) is 0.250. The number of hydrogen-bond acceptors (Lipinski definition) is 4. The van der Waals surface area contributed by atoms with E-state index >= 15 is 0 Å². The van der Waals surface area contributed by atoms with Gasteiger partial charge in [0.25, 0.3) is 0 Å². The van der Waals surface area contributed by atoms with Crippen molar-refractivity contribution in [2.45, 2.75) is 12.5 Å². The number of fused-ring (bicyclic) bond motifs is 1. The molecule has 5 nitrogen and oxygen atoms in total. The van der Waals surface area contributed by atoms with Crippen LogP contribution in [0.3, 0.4) is 0 Å². The number of hydrogen-bond donors (Lipinski definition) is 1. The molecule has 0 saturated heterocycles. The number of rotatable bonds is 3. The monoisotopic (exact) mass is 283 g/mol. The maximum atomic E-state index is 12.2. The highest BCUT2D eigenvalue weighted by Crippen LogP contribution is 2.36. The summed E-state index contributed by atoms with van der Waals surface area (Å²) in [4.78, 5) is 18.0. The minimum Gasteiger partial charge on any atom is -0.480 e. The number of carbonyl (C=O) groups is 1. The number of para-hydroxylation sites is 1. The lowest BCUT2D eigenvalue weighted by Gasteiger charge is -2.32. The van der Waals surface area contributed by atoms with E-state index in [1.54, 1.807) is 18.2 Å². The van der Waals surface area contributed by atoms with Crippen LogP contribution in [-0.2, 0) is 4.79 Å². The molecule has 0 fully saturated rings. The van der Waals surface area contributed by atoms with Crippen molar-refractivity contribution in [3.8, 4) is 5.88 Å². The molecular weight excluding hydrogens is 266 g/mol. The number of pyridine rings is 1. The van der Waals surface area contributed by atoms with Crippen LogP contribution in [0.5, 0.6) is 5.88 Å². The van der Waals surface area contributed by atoms with Gasteiger partial charge in [0, 0.05) is 18.9 Å². The first-order valence-corrected chi connectivity index (χ1v) is 6.81. The molecule has 5 heteroatoms. The van der Waals surface area contributed by atoms with Crippen LogP contribution in [0.15, 0.2) is 42.6 Å². The fourth-order valence-corrected chi connectivity index (χ4v) is 2.62. The zero-order chi connectivity index (χ0) is 14.8. The Bertz CT molecular complexity index is 672. The molecule has 0 aliphatic carbocycles. The highest BCUT2D eigenvalue weighted by Gasteiger charge is 2.29. The molecule has 2 heterocycles. The van der Waals surface area contributed by atoms with Gasteiger partial charge in [0.2, 0.25) is 11.8 Å². The van der Waals surface area contributed by atoms with E-state index in [0.29, 0.717) is 12.3 Å². The van der Waals surface area contributed by atoms with Crippen LogP contribution in [-0.4, -0.2) is 25.0 Å². The Labute approximate surface area is 123 Å². The summed E-state index contributed by atoms with van der Waals surface area (Å²) >= 11 is 0. The second-order valence-electron chi connectivity index (χ2n) is 4.97. The van der Waals surface area contributed by atoms with Crippen molar-refractivity contribution in [1.82, 2.24) is 4.98 Å². The molecule has 1 unspecified atom stereocenters. The second-order valence-corrected chi connectivity index (χ2v) is 4.97. The number of ether oxygens (including phenoxy) is 1. The highest BCUT2D eigenvalue weighted by molar-refractivity contribution is 5.97. The summed E-state index contributed by atoms with van der Waals surface area (Å²) in [5, 5.41) is 3.37. The number of carbonyl (C=O) groups excluding carboxylic acids is 1. The molecule has 0 saturated carbocycles. The maximum Gasteiger partial charge on any atom is 0.237 e. The SMILES string of the molecule is COc1ncccc1NC1CC(=O)N(C)c2ccccc21. The first-order chi connectivity index (χ1) is 10.2. The summed E-state index contributed by atoms with van der Waals surface area (Å²) < 4.78 is 5.25. The molecule has 2 aromatic rings. The van der Waals surface area contributed by atoms with E-state index < -0.39 is 0 Å². The first-order valence-electron chi connectivity index (χ1n) is 6.81. The Hall–Kier alpha value is -2.56. The zero-order valence-electron chi connectivity index (χ0n) is 12.0. The first kappa shape index (κ1) is 13.4. The summed E-state index contributed by atoms with van der Waals surface area (Å²) in [6.07, 6.45) is 2.09. The lowest BCUT2D eigenvalue weighted by atomic mass is 9.96. The van der Waals surface area contributed by atoms with Crippen LogP contribution in [0.2, 0.25) is 0 Å². The van der Waals surface area contributed by atoms with Crippen molar-refractivity contribution >= 4 is 17.3 Å². The van der Waals surface area contributed by atoms with Crippen LogP contribution in [0.1, 0.15) is 18.0 Å². The Morgan fingerprint density at radius 2 is 2.10 bits per heavy atom. The summed E-state index contributed by atoms with van der Waals surface area (Å²) in [6, 6.07) is 11.6. The lowest BCUT2D eigenvalue weighted by Crippen LogP contribution is -2.35. The number of benzene rings is 1. The number of nitrogens with zero attached hydrogens (tertiary/aromatic N) is 2. The predicted molar refractivity (Wildman–Crippen MR) is 81.6 cm³/mol. The molecule has 0 spiro atoms. The molecule has 1 aliphatic heterocycles. The van der Waals surface area contributed by atoms with Gasteiger partial charge in [-0.2, -0.15) is 0 Å². The molecule has 21 heavy (non-hydrogen) atoms. The molecule has 1 atom stereocenters. The van der Waals surface area contributed by atoms with Crippen LogP contribution < -0.4 is 15.0 Å². The fourth-order valence-electron chi connectivity index (χ4n) is 2.62. The van der Waals surface area contributed by atoms with E-state index in [1.807, 2.05) is 43.4 Å². The number of aromatic nitrogens is 1. The molecule has 1 amide bonds. The summed E-state index contributed by atoms with van der Waals surface area (Å²) in [6.45, 7) is 0. The van der Waals surface area contributed by atoms with Gasteiger partial charge in [-0.3, -0.25) is 4.79 Å². The summed E-state index contributed by atoms with van der Waals surface area (Å²) in [7, 11) is 3.39. The van der Waals surface area contributed by atoms with E-state index in [4.69, 9.17) is 4.74 Å². The molecule has 1 aromatic carbocycles. The Kier molecular flexibility index (Phi) is 3.48. The number of amides is 1. The van der Waals surface area contributed by atoms with Crippen LogP contribution >= 0.6 is 0 Å². The van der Waals surface area contributed by atoms with Gasteiger partial charge < -0.3 is 15.0 Å². The van der Waals surface area contributed by atoms with Gasteiger partial charge in [-0.05, 0) is 23.8 Å². The Morgan fingerprint density at radius 3 is 2.90 bits per heavy atom. The normalized spacial score (nSPS) is 17.3. The highest BCUT2D eigenvalue weighted by atomic mass is 16.5. The van der Waals surface area contributed by atoms with Crippen LogP contribution in [0.25, 0.3) is 0 Å². The van der Waals surface area contributed by atoms with E-state index in [1.165, 1.54) is 0 Å². The van der Waals surface area contributed by atoms with Crippen LogP contribution in [0.4, 0.5) is 11.4 Å². The van der Waals surface area contributed by atoms with Gasteiger partial charge >= 0.3 is 0 Å².